The maximum Gasteiger partial charge on any atom is 0.258 e. The Morgan fingerprint density at radius 2 is 1.93 bits per heavy atom. The Kier molecular flexibility index (Phi) is 6.99. The summed E-state index contributed by atoms with van der Waals surface area (Å²) in [4.78, 5) is 17.1. The quantitative estimate of drug-likeness (QED) is 0.428. The van der Waals surface area contributed by atoms with Crippen molar-refractivity contribution >= 4 is 33.5 Å². The van der Waals surface area contributed by atoms with Gasteiger partial charge in [-0.15, -0.1) is 0 Å². The van der Waals surface area contributed by atoms with Crippen LogP contribution in [0.15, 0.2) is 58.0 Å². The number of nitrogens with one attached hydrogen (secondary N) is 2. The van der Waals surface area contributed by atoms with E-state index in [4.69, 9.17) is 0 Å². The molecule has 156 valence electrons. The predicted molar refractivity (Wildman–Crippen MR) is 120 cm³/mol. The highest BCUT2D eigenvalue weighted by Crippen LogP contribution is 2.15. The van der Waals surface area contributed by atoms with Gasteiger partial charge in [0.25, 0.3) is 5.91 Å². The van der Waals surface area contributed by atoms with Gasteiger partial charge in [0, 0.05) is 35.0 Å². The first-order valence-electron chi connectivity index (χ1n) is 9.46. The second-order valence-corrected chi connectivity index (χ2v) is 7.77. The summed E-state index contributed by atoms with van der Waals surface area (Å²) >= 11 is 3.40. The van der Waals surface area contributed by atoms with E-state index in [1.54, 1.807) is 6.07 Å². The Hall–Kier alpha value is -3.00. The van der Waals surface area contributed by atoms with E-state index in [1.807, 2.05) is 49.8 Å². The van der Waals surface area contributed by atoms with Gasteiger partial charge in [-0.1, -0.05) is 22.0 Å². The Morgan fingerprint density at radius 3 is 2.57 bits per heavy atom. The molecule has 30 heavy (non-hydrogen) atoms. The van der Waals surface area contributed by atoms with Crippen LogP contribution in [0.4, 0.5) is 10.1 Å². The van der Waals surface area contributed by atoms with Crippen LogP contribution in [0, 0.1) is 19.7 Å². The molecule has 2 N–H and O–H groups in total. The van der Waals surface area contributed by atoms with E-state index >= 15 is 0 Å². The van der Waals surface area contributed by atoms with Crippen molar-refractivity contribution in [3.63, 3.8) is 0 Å². The summed E-state index contributed by atoms with van der Waals surface area (Å²) in [6.07, 6.45) is 0.687. The molecule has 0 saturated carbocycles. The first-order chi connectivity index (χ1) is 14.3. The van der Waals surface area contributed by atoms with Gasteiger partial charge in [0.05, 0.1) is 5.69 Å². The van der Waals surface area contributed by atoms with E-state index in [0.717, 1.165) is 27.1 Å². The van der Waals surface area contributed by atoms with Gasteiger partial charge in [-0.3, -0.25) is 19.8 Å². The molecular formula is C22H23BrFN5O. The number of nitrogens with zero attached hydrogens (tertiary/aromatic N) is 3. The first kappa shape index (κ1) is 21.7. The van der Waals surface area contributed by atoms with E-state index in [9.17, 15) is 9.18 Å². The lowest BCUT2D eigenvalue weighted by Crippen LogP contribution is -2.36. The molecule has 0 spiro atoms. The number of carbonyl (C=O) groups is 1. The standard InChI is InChI=1S/C22H23BrFN5O/c1-14-20(15(2)29(3)28-14)11-12-25-22(26-19-9-7-17(23)8-10-19)27-21(30)16-5-4-6-18(24)13-16/h4-10,13H,11-12H2,1-3H3,(H2,25,26,27,30). The van der Waals surface area contributed by atoms with Crippen LogP contribution in [-0.4, -0.2) is 28.2 Å². The molecular weight excluding hydrogens is 449 g/mol. The van der Waals surface area contributed by atoms with E-state index in [2.05, 4.69) is 36.7 Å². The molecule has 2 aromatic carbocycles. The third-order valence-electron chi connectivity index (χ3n) is 4.72. The van der Waals surface area contributed by atoms with E-state index < -0.39 is 11.7 Å². The highest BCUT2D eigenvalue weighted by atomic mass is 79.9. The van der Waals surface area contributed by atoms with Crippen molar-refractivity contribution in [2.75, 3.05) is 11.9 Å². The lowest BCUT2D eigenvalue weighted by Gasteiger charge is -2.12. The molecule has 1 heterocycles. The van der Waals surface area contributed by atoms with Gasteiger partial charge in [0.1, 0.15) is 5.82 Å². The average Bonchev–Trinajstić information content (AvgIpc) is 2.95. The summed E-state index contributed by atoms with van der Waals surface area (Å²) in [5.41, 5.74) is 4.19. The molecule has 3 rings (SSSR count). The van der Waals surface area contributed by atoms with Gasteiger partial charge in [-0.05, 0) is 68.3 Å². The molecule has 0 bridgehead atoms. The highest BCUT2D eigenvalue weighted by molar-refractivity contribution is 9.10. The third-order valence-corrected chi connectivity index (χ3v) is 5.24. The Morgan fingerprint density at radius 1 is 1.20 bits per heavy atom. The number of benzene rings is 2. The molecule has 0 saturated heterocycles. The van der Waals surface area contributed by atoms with Gasteiger partial charge in [0.2, 0.25) is 5.96 Å². The van der Waals surface area contributed by atoms with Crippen LogP contribution in [0.3, 0.4) is 0 Å². The number of aryl methyl sites for hydroxylation is 2. The zero-order valence-corrected chi connectivity index (χ0v) is 18.6. The van der Waals surface area contributed by atoms with Crippen LogP contribution >= 0.6 is 15.9 Å². The zero-order valence-electron chi connectivity index (χ0n) is 17.0. The summed E-state index contributed by atoms with van der Waals surface area (Å²) in [7, 11) is 1.91. The monoisotopic (exact) mass is 471 g/mol. The summed E-state index contributed by atoms with van der Waals surface area (Å²) in [5, 5.41) is 10.3. The zero-order chi connectivity index (χ0) is 21.7. The van der Waals surface area contributed by atoms with Crippen LogP contribution in [-0.2, 0) is 13.5 Å². The van der Waals surface area contributed by atoms with Crippen LogP contribution in [0.25, 0.3) is 0 Å². The van der Waals surface area contributed by atoms with E-state index in [0.29, 0.717) is 18.9 Å². The lowest BCUT2D eigenvalue weighted by molar-refractivity contribution is 0.0976. The van der Waals surface area contributed by atoms with Crippen LogP contribution in [0.5, 0.6) is 0 Å². The fraction of sp³-hybridized carbons (Fsp3) is 0.227. The smallest absolute Gasteiger partial charge is 0.258 e. The maximum atomic E-state index is 13.5. The molecule has 8 heteroatoms. The number of aliphatic imine (C=N–C) groups is 1. The van der Waals surface area contributed by atoms with Gasteiger partial charge in [0.15, 0.2) is 0 Å². The van der Waals surface area contributed by atoms with Gasteiger partial charge in [-0.25, -0.2) is 4.39 Å². The molecule has 0 aliphatic rings. The minimum Gasteiger partial charge on any atom is -0.326 e. The molecule has 0 atom stereocenters. The topological polar surface area (TPSA) is 71.3 Å². The van der Waals surface area contributed by atoms with E-state index in [1.165, 1.54) is 18.2 Å². The molecule has 3 aromatic rings. The maximum absolute atomic E-state index is 13.5. The molecule has 1 aromatic heterocycles. The number of hydrogen-bond donors (Lipinski definition) is 2. The Labute approximate surface area is 183 Å². The van der Waals surface area contributed by atoms with Crippen LogP contribution in [0.2, 0.25) is 0 Å². The van der Waals surface area contributed by atoms with Crippen molar-refractivity contribution in [1.29, 1.82) is 0 Å². The fourth-order valence-corrected chi connectivity index (χ4v) is 3.31. The van der Waals surface area contributed by atoms with Crippen molar-refractivity contribution in [1.82, 2.24) is 15.1 Å². The fourth-order valence-electron chi connectivity index (χ4n) is 3.05. The number of carbonyl (C=O) groups excluding carboxylic acids is 1. The Balaban J connectivity index is 1.78. The molecule has 0 fully saturated rings. The number of hydrogen-bond acceptors (Lipinski definition) is 3. The van der Waals surface area contributed by atoms with Crippen molar-refractivity contribution in [3.05, 3.63) is 81.3 Å². The molecule has 6 nitrogen and oxygen atoms in total. The summed E-state index contributed by atoms with van der Waals surface area (Å²) in [6.45, 7) is 4.44. The van der Waals surface area contributed by atoms with Crippen molar-refractivity contribution in [3.8, 4) is 0 Å². The SMILES string of the molecule is Cc1nn(C)c(C)c1CCN=C(NC(=O)c1cccc(F)c1)Nc1ccc(Br)cc1. The number of rotatable bonds is 5. The largest absolute Gasteiger partial charge is 0.326 e. The van der Waals surface area contributed by atoms with E-state index in [-0.39, 0.29) is 5.56 Å². The summed E-state index contributed by atoms with van der Waals surface area (Å²) in [6, 6.07) is 13.0. The number of anilines is 1. The number of halogens is 2. The highest BCUT2D eigenvalue weighted by Gasteiger charge is 2.12. The molecule has 0 aliphatic carbocycles. The molecule has 0 aliphatic heterocycles. The van der Waals surface area contributed by atoms with Crippen molar-refractivity contribution < 1.29 is 9.18 Å². The summed E-state index contributed by atoms with van der Waals surface area (Å²) in [5.74, 6) is -0.609. The minimum atomic E-state index is -0.468. The number of aromatic nitrogens is 2. The molecule has 1 amide bonds. The lowest BCUT2D eigenvalue weighted by atomic mass is 10.1. The first-order valence-corrected chi connectivity index (χ1v) is 10.3. The third kappa shape index (κ3) is 5.54. The van der Waals surface area contributed by atoms with Gasteiger partial charge >= 0.3 is 0 Å². The number of guanidine groups is 1. The second kappa shape index (κ2) is 9.67. The van der Waals surface area contributed by atoms with Crippen LogP contribution < -0.4 is 10.6 Å². The van der Waals surface area contributed by atoms with Crippen LogP contribution in [0.1, 0.15) is 27.3 Å². The molecule has 0 radical (unpaired) electrons. The number of amides is 1. The average molecular weight is 472 g/mol. The van der Waals surface area contributed by atoms with Gasteiger partial charge < -0.3 is 5.32 Å². The predicted octanol–water partition coefficient (Wildman–Crippen LogP) is 4.38. The summed E-state index contributed by atoms with van der Waals surface area (Å²) < 4.78 is 16.3. The minimum absolute atomic E-state index is 0.222. The molecule has 0 unspecified atom stereocenters. The van der Waals surface area contributed by atoms with Gasteiger partial charge in [-0.2, -0.15) is 5.10 Å². The van der Waals surface area contributed by atoms with Crippen molar-refractivity contribution in [2.24, 2.45) is 12.0 Å². The van der Waals surface area contributed by atoms with Crippen molar-refractivity contribution in [2.45, 2.75) is 20.3 Å². The second-order valence-electron chi connectivity index (χ2n) is 6.85. The normalized spacial score (nSPS) is 11.4. The Bertz CT molecular complexity index is 1080.